The van der Waals surface area contributed by atoms with Crippen molar-refractivity contribution < 1.29 is 19.1 Å². The first-order chi connectivity index (χ1) is 11.0. The molecule has 2 unspecified atom stereocenters. The molecule has 0 bridgehead atoms. The molecule has 6 nitrogen and oxygen atoms in total. The predicted molar refractivity (Wildman–Crippen MR) is 87.7 cm³/mol. The van der Waals surface area contributed by atoms with Crippen LogP contribution < -0.4 is 10.1 Å². The molecule has 1 saturated heterocycles. The van der Waals surface area contributed by atoms with Crippen LogP contribution in [0, 0.1) is 0 Å². The Hall–Kier alpha value is -2.08. The maximum absolute atomic E-state index is 10.8. The topological polar surface area (TPSA) is 67.9 Å². The van der Waals surface area contributed by atoms with Crippen molar-refractivity contribution in [3.63, 3.8) is 0 Å². The Morgan fingerprint density at radius 3 is 2.78 bits per heavy atom. The van der Waals surface area contributed by atoms with Gasteiger partial charge in [-0.3, -0.25) is 9.59 Å². The molecule has 126 valence electrons. The highest BCUT2D eigenvalue weighted by molar-refractivity contribution is 5.75. The van der Waals surface area contributed by atoms with Crippen LogP contribution >= 0.6 is 0 Å². The molecule has 0 spiro atoms. The number of benzene rings is 1. The summed E-state index contributed by atoms with van der Waals surface area (Å²) in [6.45, 7) is 6.04. The van der Waals surface area contributed by atoms with Crippen molar-refractivity contribution in [1.82, 2.24) is 4.90 Å². The zero-order valence-electron chi connectivity index (χ0n) is 13.8. The summed E-state index contributed by atoms with van der Waals surface area (Å²) in [4.78, 5) is 23.7. The number of carbonyl (C=O) groups excluding carboxylic acids is 2. The van der Waals surface area contributed by atoms with Gasteiger partial charge in [-0.15, -0.1) is 0 Å². The van der Waals surface area contributed by atoms with E-state index in [0.717, 1.165) is 18.5 Å². The molecule has 0 aromatic heterocycles. The highest BCUT2D eigenvalue weighted by Crippen LogP contribution is 2.35. The van der Waals surface area contributed by atoms with E-state index in [2.05, 4.69) is 10.2 Å². The lowest BCUT2D eigenvalue weighted by Crippen LogP contribution is -2.42. The van der Waals surface area contributed by atoms with Crippen LogP contribution in [0.5, 0.6) is 5.75 Å². The number of piperidine rings is 1. The normalized spacial score (nSPS) is 21.7. The molecular formula is C17H24N2O4. The number of hydrogen-bond acceptors (Lipinski definition) is 5. The van der Waals surface area contributed by atoms with Gasteiger partial charge in [0.25, 0.3) is 6.47 Å². The largest absolute Gasteiger partial charge is 0.489 e. The van der Waals surface area contributed by atoms with Crippen molar-refractivity contribution in [3.8, 4) is 5.75 Å². The van der Waals surface area contributed by atoms with Crippen LogP contribution in [-0.2, 0) is 14.3 Å². The molecule has 1 aliphatic heterocycles. The fourth-order valence-corrected chi connectivity index (χ4v) is 2.97. The quantitative estimate of drug-likeness (QED) is 0.778. The second kappa shape index (κ2) is 7.97. The van der Waals surface area contributed by atoms with Gasteiger partial charge in [0.15, 0.2) is 0 Å². The van der Waals surface area contributed by atoms with Crippen molar-refractivity contribution >= 4 is 18.6 Å². The molecule has 0 aliphatic carbocycles. The molecule has 0 saturated carbocycles. The monoisotopic (exact) mass is 320 g/mol. The number of likely N-dealkylation sites (N-methyl/N-ethyl adjacent to an activating group) is 1. The first-order valence-electron chi connectivity index (χ1n) is 7.83. The zero-order valence-corrected chi connectivity index (χ0v) is 13.8. The lowest BCUT2D eigenvalue weighted by atomic mass is 9.87. The van der Waals surface area contributed by atoms with Crippen LogP contribution in [0.25, 0.3) is 0 Å². The minimum Gasteiger partial charge on any atom is -0.489 e. The Labute approximate surface area is 136 Å². The molecule has 1 heterocycles. The minimum atomic E-state index is -0.178. The molecule has 0 radical (unpaired) electrons. The maximum Gasteiger partial charge on any atom is 0.293 e. The third-order valence-corrected chi connectivity index (χ3v) is 4.00. The second-order valence-corrected chi connectivity index (χ2v) is 6.11. The zero-order chi connectivity index (χ0) is 16.8. The van der Waals surface area contributed by atoms with E-state index in [0.29, 0.717) is 30.9 Å². The molecule has 2 rings (SSSR count). The molecular weight excluding hydrogens is 296 g/mol. The predicted octanol–water partition coefficient (Wildman–Crippen LogP) is 2.00. The van der Waals surface area contributed by atoms with E-state index in [-0.39, 0.29) is 18.1 Å². The van der Waals surface area contributed by atoms with Gasteiger partial charge in [0.05, 0.1) is 11.8 Å². The Morgan fingerprint density at radius 1 is 1.35 bits per heavy atom. The summed E-state index contributed by atoms with van der Waals surface area (Å²) in [7, 11) is 2.02. The highest BCUT2D eigenvalue weighted by Gasteiger charge is 2.30. The number of anilines is 1. The number of likely N-dealkylation sites (tertiary alicyclic amines) is 1. The van der Waals surface area contributed by atoms with Gasteiger partial charge in [-0.1, -0.05) is 6.07 Å². The summed E-state index contributed by atoms with van der Waals surface area (Å²) < 4.78 is 11.1. The van der Waals surface area contributed by atoms with E-state index in [4.69, 9.17) is 9.47 Å². The smallest absolute Gasteiger partial charge is 0.293 e. The summed E-state index contributed by atoms with van der Waals surface area (Å²) in [6.07, 6.45) is 1.35. The van der Waals surface area contributed by atoms with E-state index in [9.17, 15) is 9.59 Å². The summed E-state index contributed by atoms with van der Waals surface area (Å²) in [5.41, 5.74) is 1.69. The van der Waals surface area contributed by atoms with Crippen molar-refractivity contribution in [2.75, 3.05) is 25.5 Å². The molecule has 1 aliphatic rings. The number of amides is 1. The van der Waals surface area contributed by atoms with E-state index in [1.165, 1.54) is 0 Å². The van der Waals surface area contributed by atoms with Crippen molar-refractivity contribution in [3.05, 3.63) is 23.8 Å². The minimum absolute atomic E-state index is 0.00281. The van der Waals surface area contributed by atoms with Gasteiger partial charge in [0, 0.05) is 12.5 Å². The molecule has 1 fully saturated rings. The van der Waals surface area contributed by atoms with Gasteiger partial charge in [0.2, 0.25) is 6.41 Å². The van der Waals surface area contributed by atoms with Crippen LogP contribution in [0.3, 0.4) is 0 Å². The average molecular weight is 320 g/mol. The Bertz CT molecular complexity index is 547. The fourth-order valence-electron chi connectivity index (χ4n) is 2.97. The summed E-state index contributed by atoms with van der Waals surface area (Å²) >= 11 is 0. The van der Waals surface area contributed by atoms with Gasteiger partial charge in [-0.25, -0.2) is 0 Å². The van der Waals surface area contributed by atoms with Crippen LogP contribution in [0.15, 0.2) is 18.2 Å². The standard InChI is InChI=1S/C17H24N2O4/c1-12(2)23-16-8-13(4-5-15(16)18-10-20)14-6-7-19(3)9-17(14)22-11-21/h4-5,8,10-12,14,17H,6-7,9H2,1-3H3,(H,18,20). The molecule has 6 heteroatoms. The van der Waals surface area contributed by atoms with E-state index in [1.54, 1.807) is 0 Å². The van der Waals surface area contributed by atoms with Crippen LogP contribution in [0.4, 0.5) is 5.69 Å². The maximum atomic E-state index is 10.8. The highest BCUT2D eigenvalue weighted by atomic mass is 16.5. The van der Waals surface area contributed by atoms with Crippen molar-refractivity contribution in [2.24, 2.45) is 0 Å². The van der Waals surface area contributed by atoms with Crippen LogP contribution in [0.1, 0.15) is 31.7 Å². The number of hydrogen-bond donors (Lipinski definition) is 1. The number of ether oxygens (including phenoxy) is 2. The first kappa shape index (κ1) is 17.3. The molecule has 1 amide bonds. The molecule has 2 atom stereocenters. The molecule has 1 N–H and O–H groups in total. The average Bonchev–Trinajstić information content (AvgIpc) is 2.49. The Kier molecular flexibility index (Phi) is 5.98. The molecule has 23 heavy (non-hydrogen) atoms. The van der Waals surface area contributed by atoms with Gasteiger partial charge in [-0.2, -0.15) is 0 Å². The molecule has 1 aromatic carbocycles. The van der Waals surface area contributed by atoms with Crippen molar-refractivity contribution in [2.45, 2.75) is 38.4 Å². The Balaban J connectivity index is 2.29. The summed E-state index contributed by atoms with van der Waals surface area (Å²) in [6, 6.07) is 5.72. The number of nitrogens with zero attached hydrogens (tertiary/aromatic N) is 1. The van der Waals surface area contributed by atoms with Gasteiger partial charge >= 0.3 is 0 Å². The third kappa shape index (κ3) is 4.45. The lowest BCUT2D eigenvalue weighted by Gasteiger charge is -2.35. The van der Waals surface area contributed by atoms with Crippen LogP contribution in [0.2, 0.25) is 0 Å². The van der Waals surface area contributed by atoms with Gasteiger partial charge < -0.3 is 19.7 Å². The summed E-state index contributed by atoms with van der Waals surface area (Å²) in [5.74, 6) is 0.754. The van der Waals surface area contributed by atoms with E-state index >= 15 is 0 Å². The van der Waals surface area contributed by atoms with E-state index in [1.807, 2.05) is 39.1 Å². The number of rotatable bonds is 7. The lowest BCUT2D eigenvalue weighted by molar-refractivity contribution is -0.136. The number of carbonyl (C=O) groups is 2. The molecule has 1 aromatic rings. The summed E-state index contributed by atoms with van der Waals surface area (Å²) in [5, 5.41) is 2.65. The fraction of sp³-hybridized carbons (Fsp3) is 0.529. The van der Waals surface area contributed by atoms with Crippen molar-refractivity contribution in [1.29, 1.82) is 0 Å². The van der Waals surface area contributed by atoms with E-state index < -0.39 is 0 Å². The number of nitrogens with one attached hydrogen (secondary N) is 1. The van der Waals surface area contributed by atoms with Gasteiger partial charge in [-0.05, 0) is 51.6 Å². The second-order valence-electron chi connectivity index (χ2n) is 6.11. The van der Waals surface area contributed by atoms with Gasteiger partial charge in [0.1, 0.15) is 11.9 Å². The SMILES string of the molecule is CC(C)Oc1cc(C2CCN(C)CC2OC=O)ccc1NC=O. The third-order valence-electron chi connectivity index (χ3n) is 4.00. The first-order valence-corrected chi connectivity index (χ1v) is 7.83. The Morgan fingerprint density at radius 2 is 2.13 bits per heavy atom. The van der Waals surface area contributed by atoms with Crippen LogP contribution in [-0.4, -0.2) is 50.1 Å².